The van der Waals surface area contributed by atoms with Gasteiger partial charge in [0, 0.05) is 24.3 Å². The third kappa shape index (κ3) is 3.35. The number of nitrogens with zero attached hydrogens (tertiary/aromatic N) is 2. The molecule has 2 aromatic heterocycles. The number of nitrogens with one attached hydrogen (secondary N) is 3. The maximum absolute atomic E-state index is 13.3. The Labute approximate surface area is 172 Å². The van der Waals surface area contributed by atoms with E-state index in [2.05, 4.69) is 26.7 Å². The van der Waals surface area contributed by atoms with E-state index in [1.165, 1.54) is 18.3 Å². The lowest BCUT2D eigenvalue weighted by Gasteiger charge is -2.15. The number of rotatable bonds is 4. The normalized spacial score (nSPS) is 10.6. The van der Waals surface area contributed by atoms with Gasteiger partial charge in [-0.1, -0.05) is 12.1 Å². The van der Waals surface area contributed by atoms with Gasteiger partial charge in [0.1, 0.15) is 17.5 Å². The van der Waals surface area contributed by atoms with Crippen molar-refractivity contribution in [3.05, 3.63) is 77.2 Å². The van der Waals surface area contributed by atoms with E-state index in [0.29, 0.717) is 33.5 Å². The number of aromatic nitrogens is 2. The van der Waals surface area contributed by atoms with Crippen molar-refractivity contribution in [1.29, 1.82) is 5.26 Å². The predicted molar refractivity (Wildman–Crippen MR) is 114 cm³/mol. The molecule has 0 aliphatic carbocycles. The Morgan fingerprint density at radius 1 is 1.17 bits per heavy atom. The highest BCUT2D eigenvalue weighted by Gasteiger charge is 2.17. The summed E-state index contributed by atoms with van der Waals surface area (Å²) >= 11 is 0. The van der Waals surface area contributed by atoms with Crippen LogP contribution in [0.1, 0.15) is 21.5 Å². The van der Waals surface area contributed by atoms with E-state index in [1.807, 2.05) is 19.1 Å². The number of anilines is 2. The molecule has 0 saturated carbocycles. The van der Waals surface area contributed by atoms with Crippen molar-refractivity contribution in [3.8, 4) is 17.3 Å². The lowest BCUT2D eigenvalue weighted by Crippen LogP contribution is -2.19. The Balaban J connectivity index is 1.88. The number of hydrogen-bond donors (Lipinski definition) is 3. The molecule has 2 aromatic carbocycles. The number of pyridine rings is 1. The van der Waals surface area contributed by atoms with Crippen molar-refractivity contribution < 1.29 is 9.18 Å². The Bertz CT molecular complexity index is 1300. The molecule has 0 aliphatic rings. The fourth-order valence-corrected chi connectivity index (χ4v) is 3.36. The Kier molecular flexibility index (Phi) is 4.90. The Morgan fingerprint density at radius 3 is 2.63 bits per heavy atom. The minimum Gasteiger partial charge on any atom is -0.355 e. The fourth-order valence-electron chi connectivity index (χ4n) is 3.36. The lowest BCUT2D eigenvalue weighted by molar-refractivity contribution is 0.0964. The summed E-state index contributed by atoms with van der Waals surface area (Å²) < 4.78 is 13.3. The van der Waals surface area contributed by atoms with Crippen LogP contribution in [-0.2, 0) is 0 Å². The quantitative estimate of drug-likeness (QED) is 0.466. The van der Waals surface area contributed by atoms with Crippen LogP contribution in [0.2, 0.25) is 0 Å². The molecule has 0 bridgehead atoms. The number of nitriles is 1. The molecule has 6 nitrogen and oxygen atoms in total. The molecule has 0 fully saturated rings. The number of fused-ring (bicyclic) bond motifs is 1. The molecule has 2 heterocycles. The van der Waals surface area contributed by atoms with Crippen molar-refractivity contribution in [2.45, 2.75) is 6.92 Å². The SMILES string of the molecule is CNC(=O)c1cccc(C)c1Nc1c(C#N)cnc2[nH]c(-c3ccc(F)cc3)cc12. The first-order valence-electron chi connectivity index (χ1n) is 9.28. The van der Waals surface area contributed by atoms with Gasteiger partial charge in [0.15, 0.2) is 0 Å². The standard InChI is InChI=1S/C23H18FN5O/c1-13-4-3-5-17(23(30)26-2)20(13)29-21-15(11-25)12-27-22-18(21)10-19(28-22)14-6-8-16(24)9-7-14/h3-10,12H,1-2H3,(H,26,30)(H2,27,28,29). The second-order valence-electron chi connectivity index (χ2n) is 6.81. The molecule has 0 saturated heterocycles. The average Bonchev–Trinajstić information content (AvgIpc) is 3.19. The van der Waals surface area contributed by atoms with E-state index in [0.717, 1.165) is 16.8 Å². The van der Waals surface area contributed by atoms with Crippen LogP contribution in [0.25, 0.3) is 22.3 Å². The molecule has 0 atom stereocenters. The van der Waals surface area contributed by atoms with Crippen LogP contribution in [0.3, 0.4) is 0 Å². The molecule has 30 heavy (non-hydrogen) atoms. The highest BCUT2D eigenvalue weighted by Crippen LogP contribution is 2.34. The molecule has 0 aliphatic heterocycles. The zero-order valence-corrected chi connectivity index (χ0v) is 16.4. The zero-order chi connectivity index (χ0) is 21.3. The van der Waals surface area contributed by atoms with Crippen molar-refractivity contribution in [3.63, 3.8) is 0 Å². The average molecular weight is 399 g/mol. The largest absolute Gasteiger partial charge is 0.355 e. The van der Waals surface area contributed by atoms with Gasteiger partial charge in [-0.25, -0.2) is 9.37 Å². The third-order valence-corrected chi connectivity index (χ3v) is 4.93. The van der Waals surface area contributed by atoms with Crippen LogP contribution in [0.5, 0.6) is 0 Å². The van der Waals surface area contributed by atoms with E-state index in [-0.39, 0.29) is 11.7 Å². The summed E-state index contributed by atoms with van der Waals surface area (Å²) in [5, 5.41) is 16.3. The van der Waals surface area contributed by atoms with Gasteiger partial charge in [0.05, 0.1) is 22.5 Å². The number of aromatic amines is 1. The summed E-state index contributed by atoms with van der Waals surface area (Å²) in [5.74, 6) is -0.547. The fraction of sp³-hybridized carbons (Fsp3) is 0.0870. The van der Waals surface area contributed by atoms with E-state index in [1.54, 1.807) is 31.3 Å². The molecular weight excluding hydrogens is 381 g/mol. The van der Waals surface area contributed by atoms with Gasteiger partial charge >= 0.3 is 0 Å². The summed E-state index contributed by atoms with van der Waals surface area (Å²) in [5.41, 5.74) is 4.95. The summed E-state index contributed by atoms with van der Waals surface area (Å²) in [6.07, 6.45) is 1.48. The summed E-state index contributed by atoms with van der Waals surface area (Å²) in [6, 6.07) is 15.5. The van der Waals surface area contributed by atoms with Crippen molar-refractivity contribution >= 4 is 28.3 Å². The number of benzene rings is 2. The molecule has 1 amide bonds. The maximum Gasteiger partial charge on any atom is 0.253 e. The summed E-state index contributed by atoms with van der Waals surface area (Å²) in [7, 11) is 1.57. The molecule has 4 aromatic rings. The second-order valence-corrected chi connectivity index (χ2v) is 6.81. The first-order valence-corrected chi connectivity index (χ1v) is 9.28. The smallest absolute Gasteiger partial charge is 0.253 e. The van der Waals surface area contributed by atoms with E-state index < -0.39 is 0 Å². The van der Waals surface area contributed by atoms with Crippen LogP contribution >= 0.6 is 0 Å². The number of carbonyl (C=O) groups is 1. The number of H-pyrrole nitrogens is 1. The molecule has 0 unspecified atom stereocenters. The van der Waals surface area contributed by atoms with Crippen molar-refractivity contribution in [2.24, 2.45) is 0 Å². The van der Waals surface area contributed by atoms with Crippen LogP contribution in [-0.4, -0.2) is 22.9 Å². The van der Waals surface area contributed by atoms with Gasteiger partial charge in [-0.2, -0.15) is 5.26 Å². The van der Waals surface area contributed by atoms with Crippen LogP contribution < -0.4 is 10.6 Å². The highest BCUT2D eigenvalue weighted by atomic mass is 19.1. The topological polar surface area (TPSA) is 93.6 Å². The van der Waals surface area contributed by atoms with E-state index >= 15 is 0 Å². The number of carbonyl (C=O) groups excluding carboxylic acids is 1. The minimum atomic E-state index is -0.316. The highest BCUT2D eigenvalue weighted by molar-refractivity contribution is 6.03. The van der Waals surface area contributed by atoms with Gasteiger partial charge < -0.3 is 15.6 Å². The van der Waals surface area contributed by atoms with E-state index in [9.17, 15) is 14.4 Å². The molecule has 0 radical (unpaired) electrons. The van der Waals surface area contributed by atoms with Gasteiger partial charge in [-0.15, -0.1) is 0 Å². The first-order chi connectivity index (χ1) is 14.5. The molecule has 4 rings (SSSR count). The minimum absolute atomic E-state index is 0.230. The van der Waals surface area contributed by atoms with Gasteiger partial charge in [0.25, 0.3) is 5.91 Å². The second kappa shape index (κ2) is 7.68. The van der Waals surface area contributed by atoms with Crippen LogP contribution in [0.15, 0.2) is 54.7 Å². The lowest BCUT2D eigenvalue weighted by atomic mass is 10.1. The summed E-state index contributed by atoms with van der Waals surface area (Å²) in [6.45, 7) is 1.89. The Morgan fingerprint density at radius 2 is 1.93 bits per heavy atom. The molecule has 7 heteroatoms. The maximum atomic E-state index is 13.3. The van der Waals surface area contributed by atoms with E-state index in [4.69, 9.17) is 0 Å². The van der Waals surface area contributed by atoms with Crippen LogP contribution in [0, 0.1) is 24.1 Å². The number of halogens is 1. The molecule has 3 N–H and O–H groups in total. The monoisotopic (exact) mass is 399 g/mol. The first kappa shape index (κ1) is 19.2. The number of amides is 1. The number of para-hydroxylation sites is 1. The predicted octanol–water partition coefficient (Wildman–Crippen LogP) is 4.65. The number of aryl methyl sites for hydroxylation is 1. The van der Waals surface area contributed by atoms with Gasteiger partial charge in [0.2, 0.25) is 0 Å². The third-order valence-electron chi connectivity index (χ3n) is 4.93. The Hall–Kier alpha value is -4.18. The van der Waals surface area contributed by atoms with Crippen molar-refractivity contribution in [2.75, 3.05) is 12.4 Å². The van der Waals surface area contributed by atoms with Gasteiger partial charge in [-0.3, -0.25) is 4.79 Å². The summed E-state index contributed by atoms with van der Waals surface area (Å²) in [4.78, 5) is 19.9. The molecular formula is C23H18FN5O. The zero-order valence-electron chi connectivity index (χ0n) is 16.4. The van der Waals surface area contributed by atoms with Crippen LogP contribution in [0.4, 0.5) is 15.8 Å². The molecule has 0 spiro atoms. The van der Waals surface area contributed by atoms with Crippen molar-refractivity contribution in [1.82, 2.24) is 15.3 Å². The van der Waals surface area contributed by atoms with Gasteiger partial charge in [-0.05, 0) is 54.4 Å². The number of hydrogen-bond acceptors (Lipinski definition) is 4. The molecule has 148 valence electrons.